The van der Waals surface area contributed by atoms with Crippen LogP contribution in [0.1, 0.15) is 24.5 Å². The molecular weight excluding hydrogens is 184 g/mol. The molecule has 1 rings (SSSR count). The molecule has 0 unspecified atom stereocenters. The monoisotopic (exact) mass is 202 g/mol. The summed E-state index contributed by atoms with van der Waals surface area (Å²) in [6.45, 7) is 13.9. The van der Waals surface area contributed by atoms with Crippen LogP contribution in [-0.2, 0) is 0 Å². The summed E-state index contributed by atoms with van der Waals surface area (Å²) in [6.07, 6.45) is 0.865. The summed E-state index contributed by atoms with van der Waals surface area (Å²) in [7, 11) is 0. The Labute approximate surface area is 92.1 Å². The maximum Gasteiger partial charge on any atom is 0.130 e. The van der Waals surface area contributed by atoms with Gasteiger partial charge < -0.3 is 4.74 Å². The van der Waals surface area contributed by atoms with Gasteiger partial charge in [-0.3, -0.25) is 0 Å². The number of benzene rings is 1. The first-order valence-electron chi connectivity index (χ1n) is 5.16. The molecule has 0 amide bonds. The topological polar surface area (TPSA) is 9.23 Å². The normalized spacial score (nSPS) is 9.80. The van der Waals surface area contributed by atoms with E-state index in [2.05, 4.69) is 19.2 Å². The highest BCUT2D eigenvalue weighted by Crippen LogP contribution is 2.23. The molecule has 0 saturated carbocycles. The van der Waals surface area contributed by atoms with E-state index in [-0.39, 0.29) is 0 Å². The molecular formula is C14H18O. The van der Waals surface area contributed by atoms with E-state index < -0.39 is 0 Å². The summed E-state index contributed by atoms with van der Waals surface area (Å²) in [5.74, 6) is 1.53. The van der Waals surface area contributed by atoms with Gasteiger partial charge in [-0.15, -0.1) is 0 Å². The first kappa shape index (κ1) is 11.6. The molecule has 0 spiro atoms. The van der Waals surface area contributed by atoms with Crippen molar-refractivity contribution in [3.05, 3.63) is 53.8 Å². The molecule has 0 aliphatic rings. The van der Waals surface area contributed by atoms with Crippen molar-refractivity contribution in [1.82, 2.24) is 0 Å². The molecule has 0 fully saturated rings. The van der Waals surface area contributed by atoms with Crippen molar-refractivity contribution in [3.63, 3.8) is 0 Å². The molecule has 0 aromatic heterocycles. The molecule has 1 aromatic rings. The van der Waals surface area contributed by atoms with Crippen molar-refractivity contribution in [2.45, 2.75) is 27.2 Å². The highest BCUT2D eigenvalue weighted by Gasteiger charge is 2.04. The Bertz CT molecular complexity index is 388. The summed E-state index contributed by atoms with van der Waals surface area (Å²) < 4.78 is 5.68. The van der Waals surface area contributed by atoms with Gasteiger partial charge >= 0.3 is 0 Å². The van der Waals surface area contributed by atoms with Gasteiger partial charge in [0.1, 0.15) is 11.5 Å². The van der Waals surface area contributed by atoms with Crippen LogP contribution in [-0.4, -0.2) is 0 Å². The quantitative estimate of drug-likeness (QED) is 0.526. The maximum atomic E-state index is 5.68. The number of rotatable bonds is 4. The average molecular weight is 202 g/mol. The van der Waals surface area contributed by atoms with E-state index in [4.69, 9.17) is 4.74 Å². The number of aryl methyl sites for hydroxylation is 2. The highest BCUT2D eigenvalue weighted by molar-refractivity contribution is 5.38. The van der Waals surface area contributed by atoms with Crippen molar-refractivity contribution in [2.75, 3.05) is 0 Å². The van der Waals surface area contributed by atoms with Crippen molar-refractivity contribution in [3.8, 4) is 5.75 Å². The molecule has 1 nitrogen and oxygen atoms in total. The molecule has 15 heavy (non-hydrogen) atoms. The lowest BCUT2D eigenvalue weighted by molar-refractivity contribution is 0.432. The minimum Gasteiger partial charge on any atom is -0.457 e. The average Bonchev–Trinajstić information content (AvgIpc) is 2.22. The largest absolute Gasteiger partial charge is 0.457 e. The Morgan fingerprint density at radius 3 is 2.53 bits per heavy atom. The van der Waals surface area contributed by atoms with Gasteiger partial charge in [0.05, 0.1) is 0 Å². The van der Waals surface area contributed by atoms with Crippen LogP contribution in [0, 0.1) is 13.8 Å². The third-order valence-corrected chi connectivity index (χ3v) is 2.40. The lowest BCUT2D eigenvalue weighted by Gasteiger charge is -2.12. The minimum absolute atomic E-state index is 0.659. The molecule has 0 radical (unpaired) electrons. The minimum atomic E-state index is 0.659. The van der Waals surface area contributed by atoms with Gasteiger partial charge in [0.25, 0.3) is 0 Å². The zero-order valence-electron chi connectivity index (χ0n) is 9.76. The van der Waals surface area contributed by atoms with Gasteiger partial charge in [0.15, 0.2) is 0 Å². The van der Waals surface area contributed by atoms with Crippen molar-refractivity contribution in [1.29, 1.82) is 0 Å². The van der Waals surface area contributed by atoms with E-state index in [1.807, 2.05) is 32.9 Å². The molecule has 0 aliphatic heterocycles. The molecule has 0 saturated heterocycles. The van der Waals surface area contributed by atoms with Crippen molar-refractivity contribution < 1.29 is 4.74 Å². The molecule has 0 N–H and O–H groups in total. The van der Waals surface area contributed by atoms with Crippen LogP contribution in [0.2, 0.25) is 0 Å². The highest BCUT2D eigenvalue weighted by atomic mass is 16.5. The standard InChI is InChI=1S/C14H18O/c1-6-11(3)13(5)15-14-9-10(2)7-8-12(14)4/h7-9H,3,5-6H2,1-2,4H3. The SMILES string of the molecule is C=C(CC)C(=C)Oc1cc(C)ccc1C. The lowest BCUT2D eigenvalue weighted by Crippen LogP contribution is -1.97. The summed E-state index contributed by atoms with van der Waals surface area (Å²) in [6, 6.07) is 6.13. The Balaban J connectivity index is 2.85. The van der Waals surface area contributed by atoms with Crippen molar-refractivity contribution in [2.24, 2.45) is 0 Å². The Kier molecular flexibility index (Phi) is 3.73. The fraction of sp³-hybridized carbons (Fsp3) is 0.286. The summed E-state index contributed by atoms with van der Waals surface area (Å²) in [4.78, 5) is 0. The Hall–Kier alpha value is -1.50. The van der Waals surface area contributed by atoms with Gasteiger partial charge in [-0.1, -0.05) is 32.2 Å². The molecule has 0 atom stereocenters. The first-order valence-corrected chi connectivity index (χ1v) is 5.16. The third-order valence-electron chi connectivity index (χ3n) is 2.40. The van der Waals surface area contributed by atoms with Crippen LogP contribution in [0.4, 0.5) is 0 Å². The smallest absolute Gasteiger partial charge is 0.130 e. The second kappa shape index (κ2) is 4.83. The van der Waals surface area contributed by atoms with Gasteiger partial charge in [-0.05, 0) is 43.0 Å². The second-order valence-corrected chi connectivity index (χ2v) is 3.75. The van der Waals surface area contributed by atoms with Crippen LogP contribution in [0.3, 0.4) is 0 Å². The van der Waals surface area contributed by atoms with Gasteiger partial charge in [-0.25, -0.2) is 0 Å². The summed E-state index contributed by atoms with van der Waals surface area (Å²) >= 11 is 0. The fourth-order valence-electron chi connectivity index (χ4n) is 1.22. The van der Waals surface area contributed by atoms with Crippen LogP contribution in [0.25, 0.3) is 0 Å². The third kappa shape index (κ3) is 2.98. The Morgan fingerprint density at radius 1 is 1.27 bits per heavy atom. The first-order chi connectivity index (χ1) is 7.04. The predicted octanol–water partition coefficient (Wildman–Crippen LogP) is 4.16. The van der Waals surface area contributed by atoms with E-state index in [9.17, 15) is 0 Å². The molecule has 1 aromatic carbocycles. The maximum absolute atomic E-state index is 5.68. The van der Waals surface area contributed by atoms with Crippen LogP contribution in [0.5, 0.6) is 5.75 Å². The van der Waals surface area contributed by atoms with E-state index in [1.165, 1.54) is 5.56 Å². The second-order valence-electron chi connectivity index (χ2n) is 3.75. The number of ether oxygens (including phenoxy) is 1. The summed E-state index contributed by atoms with van der Waals surface area (Å²) in [5.41, 5.74) is 3.24. The molecule has 1 heteroatoms. The summed E-state index contributed by atoms with van der Waals surface area (Å²) in [5, 5.41) is 0. The Morgan fingerprint density at radius 2 is 1.93 bits per heavy atom. The van der Waals surface area contributed by atoms with Crippen LogP contribution >= 0.6 is 0 Å². The molecule has 0 bridgehead atoms. The van der Waals surface area contributed by atoms with E-state index in [1.54, 1.807) is 0 Å². The lowest BCUT2D eigenvalue weighted by atomic mass is 10.1. The molecule has 80 valence electrons. The van der Waals surface area contributed by atoms with Gasteiger partial charge in [0.2, 0.25) is 0 Å². The molecule has 0 aliphatic carbocycles. The van der Waals surface area contributed by atoms with Gasteiger partial charge in [-0.2, -0.15) is 0 Å². The van der Waals surface area contributed by atoms with E-state index >= 15 is 0 Å². The van der Waals surface area contributed by atoms with Gasteiger partial charge in [0, 0.05) is 0 Å². The number of allylic oxidation sites excluding steroid dienone is 1. The van der Waals surface area contributed by atoms with Crippen LogP contribution < -0.4 is 4.74 Å². The fourth-order valence-corrected chi connectivity index (χ4v) is 1.22. The number of hydrogen-bond donors (Lipinski definition) is 0. The zero-order chi connectivity index (χ0) is 11.4. The molecule has 0 heterocycles. The van der Waals surface area contributed by atoms with Crippen molar-refractivity contribution >= 4 is 0 Å². The van der Waals surface area contributed by atoms with E-state index in [0.717, 1.165) is 23.3 Å². The zero-order valence-corrected chi connectivity index (χ0v) is 9.76. The van der Waals surface area contributed by atoms with Crippen LogP contribution in [0.15, 0.2) is 42.7 Å². The van der Waals surface area contributed by atoms with E-state index in [0.29, 0.717) is 5.76 Å². The number of hydrogen-bond acceptors (Lipinski definition) is 1. The predicted molar refractivity (Wildman–Crippen MR) is 65.1 cm³/mol.